The lowest BCUT2D eigenvalue weighted by atomic mass is 10.3. The second-order valence-electron chi connectivity index (χ2n) is 3.37. The molecule has 0 saturated carbocycles. The van der Waals surface area contributed by atoms with Gasteiger partial charge in [0, 0.05) is 19.6 Å². The molecule has 5 heteroatoms. The molecule has 0 spiro atoms. The van der Waals surface area contributed by atoms with E-state index < -0.39 is 0 Å². The maximum Gasteiger partial charge on any atom is 0.186 e. The van der Waals surface area contributed by atoms with Crippen LogP contribution in [-0.4, -0.2) is 29.7 Å². The standard InChI is InChI=1S/C11H18FN3O/c1-4-13-11-10(12)8(3)14-9(15-11)6-7-16-5-2/h4-7H2,1-3H3,(H,13,14,15). The van der Waals surface area contributed by atoms with Crippen LogP contribution in [0, 0.1) is 12.7 Å². The summed E-state index contributed by atoms with van der Waals surface area (Å²) in [6.45, 7) is 7.34. The normalized spacial score (nSPS) is 10.5. The Kier molecular flexibility index (Phi) is 5.11. The Morgan fingerprint density at radius 1 is 1.31 bits per heavy atom. The summed E-state index contributed by atoms with van der Waals surface area (Å²) in [5.41, 5.74) is 0.373. The summed E-state index contributed by atoms with van der Waals surface area (Å²) in [7, 11) is 0. The predicted molar refractivity (Wildman–Crippen MR) is 61.1 cm³/mol. The molecular weight excluding hydrogens is 209 g/mol. The van der Waals surface area contributed by atoms with E-state index in [4.69, 9.17) is 4.74 Å². The topological polar surface area (TPSA) is 47.0 Å². The van der Waals surface area contributed by atoms with Crippen molar-refractivity contribution >= 4 is 5.82 Å². The number of rotatable bonds is 6. The minimum absolute atomic E-state index is 0.279. The van der Waals surface area contributed by atoms with Gasteiger partial charge in [0.05, 0.1) is 12.3 Å². The highest BCUT2D eigenvalue weighted by atomic mass is 19.1. The van der Waals surface area contributed by atoms with E-state index >= 15 is 0 Å². The van der Waals surface area contributed by atoms with Crippen LogP contribution in [0.5, 0.6) is 0 Å². The molecule has 0 bridgehead atoms. The molecule has 0 unspecified atom stereocenters. The van der Waals surface area contributed by atoms with Crippen molar-refractivity contribution in [2.75, 3.05) is 25.1 Å². The van der Waals surface area contributed by atoms with Gasteiger partial charge in [-0.2, -0.15) is 0 Å². The molecule has 1 aromatic rings. The molecule has 0 saturated heterocycles. The first-order valence-corrected chi connectivity index (χ1v) is 5.53. The minimum Gasteiger partial charge on any atom is -0.381 e. The quantitative estimate of drug-likeness (QED) is 0.754. The molecule has 0 aromatic carbocycles. The van der Waals surface area contributed by atoms with E-state index in [-0.39, 0.29) is 11.6 Å². The summed E-state index contributed by atoms with van der Waals surface area (Å²) in [6.07, 6.45) is 0.605. The molecule has 0 aliphatic heterocycles. The molecule has 0 aliphatic rings. The van der Waals surface area contributed by atoms with Gasteiger partial charge in [0.1, 0.15) is 5.82 Å². The fraction of sp³-hybridized carbons (Fsp3) is 0.636. The zero-order chi connectivity index (χ0) is 12.0. The SMILES string of the molecule is CCNc1nc(CCOCC)nc(C)c1F. The maximum atomic E-state index is 13.5. The number of aryl methyl sites for hydroxylation is 1. The first-order chi connectivity index (χ1) is 7.69. The third-order valence-electron chi connectivity index (χ3n) is 2.08. The van der Waals surface area contributed by atoms with Crippen LogP contribution in [0.1, 0.15) is 25.4 Å². The number of nitrogens with one attached hydrogen (secondary N) is 1. The van der Waals surface area contributed by atoms with Crippen LogP contribution in [0.2, 0.25) is 0 Å². The fourth-order valence-corrected chi connectivity index (χ4v) is 1.32. The van der Waals surface area contributed by atoms with E-state index in [1.165, 1.54) is 0 Å². The number of aromatic nitrogens is 2. The molecule has 1 heterocycles. The molecule has 90 valence electrons. The van der Waals surface area contributed by atoms with Crippen LogP contribution in [0.3, 0.4) is 0 Å². The lowest BCUT2D eigenvalue weighted by Gasteiger charge is -2.08. The zero-order valence-electron chi connectivity index (χ0n) is 10.0. The van der Waals surface area contributed by atoms with E-state index in [2.05, 4.69) is 15.3 Å². The molecule has 1 N–H and O–H groups in total. The second-order valence-corrected chi connectivity index (χ2v) is 3.37. The van der Waals surface area contributed by atoms with Gasteiger partial charge in [-0.15, -0.1) is 0 Å². The Hall–Kier alpha value is -1.23. The summed E-state index contributed by atoms with van der Waals surface area (Å²) in [5, 5.41) is 2.88. The number of anilines is 1. The molecule has 0 fully saturated rings. The molecule has 0 atom stereocenters. The highest BCUT2D eigenvalue weighted by Crippen LogP contribution is 2.13. The van der Waals surface area contributed by atoms with Crippen molar-refractivity contribution in [2.45, 2.75) is 27.2 Å². The highest BCUT2D eigenvalue weighted by Gasteiger charge is 2.10. The van der Waals surface area contributed by atoms with Crippen LogP contribution >= 0.6 is 0 Å². The number of ether oxygens (including phenoxy) is 1. The monoisotopic (exact) mass is 227 g/mol. The summed E-state index contributed by atoms with van der Waals surface area (Å²) in [4.78, 5) is 8.20. The zero-order valence-corrected chi connectivity index (χ0v) is 10.0. The Balaban J connectivity index is 2.77. The molecule has 4 nitrogen and oxygen atoms in total. The van der Waals surface area contributed by atoms with Crippen molar-refractivity contribution in [2.24, 2.45) is 0 Å². The first kappa shape index (κ1) is 12.8. The molecule has 0 radical (unpaired) electrons. The summed E-state index contributed by atoms with van der Waals surface area (Å²) in [6, 6.07) is 0. The van der Waals surface area contributed by atoms with Crippen molar-refractivity contribution in [3.63, 3.8) is 0 Å². The van der Waals surface area contributed by atoms with Gasteiger partial charge in [-0.1, -0.05) is 0 Å². The van der Waals surface area contributed by atoms with Crippen molar-refractivity contribution < 1.29 is 9.13 Å². The van der Waals surface area contributed by atoms with Gasteiger partial charge in [-0.05, 0) is 20.8 Å². The Morgan fingerprint density at radius 2 is 2.06 bits per heavy atom. The fourth-order valence-electron chi connectivity index (χ4n) is 1.32. The van der Waals surface area contributed by atoms with Gasteiger partial charge in [-0.25, -0.2) is 14.4 Å². The first-order valence-electron chi connectivity index (χ1n) is 5.53. The average molecular weight is 227 g/mol. The van der Waals surface area contributed by atoms with Crippen LogP contribution in [0.25, 0.3) is 0 Å². The largest absolute Gasteiger partial charge is 0.381 e. The lowest BCUT2D eigenvalue weighted by molar-refractivity contribution is 0.149. The number of halogens is 1. The number of hydrogen-bond donors (Lipinski definition) is 1. The van der Waals surface area contributed by atoms with Gasteiger partial charge in [0.25, 0.3) is 0 Å². The van der Waals surface area contributed by atoms with E-state index in [1.54, 1.807) is 6.92 Å². The molecule has 0 aliphatic carbocycles. The average Bonchev–Trinajstić information content (AvgIpc) is 2.26. The smallest absolute Gasteiger partial charge is 0.186 e. The summed E-state index contributed by atoms with van der Waals surface area (Å²) in [5.74, 6) is 0.520. The Bertz CT molecular complexity index is 344. The molecule has 1 aromatic heterocycles. The molecular formula is C11H18FN3O. The number of nitrogens with zero attached hydrogens (tertiary/aromatic N) is 2. The van der Waals surface area contributed by atoms with Crippen LogP contribution in [0.4, 0.5) is 10.2 Å². The molecule has 16 heavy (non-hydrogen) atoms. The third-order valence-corrected chi connectivity index (χ3v) is 2.08. The van der Waals surface area contributed by atoms with Gasteiger partial charge >= 0.3 is 0 Å². The van der Waals surface area contributed by atoms with Crippen molar-refractivity contribution in [3.05, 3.63) is 17.3 Å². The third kappa shape index (κ3) is 3.41. The van der Waals surface area contributed by atoms with Gasteiger partial charge in [-0.3, -0.25) is 0 Å². The molecule has 0 amide bonds. The highest BCUT2D eigenvalue weighted by molar-refractivity contribution is 5.37. The van der Waals surface area contributed by atoms with Gasteiger partial charge in [0.15, 0.2) is 11.6 Å². The van der Waals surface area contributed by atoms with Crippen molar-refractivity contribution in [1.82, 2.24) is 9.97 Å². The maximum absolute atomic E-state index is 13.5. The Morgan fingerprint density at radius 3 is 2.69 bits per heavy atom. The predicted octanol–water partition coefficient (Wildman–Crippen LogP) is 1.93. The van der Waals surface area contributed by atoms with E-state index in [1.807, 2.05) is 13.8 Å². The van der Waals surface area contributed by atoms with Crippen LogP contribution in [0.15, 0.2) is 0 Å². The summed E-state index contributed by atoms with van der Waals surface area (Å²) >= 11 is 0. The minimum atomic E-state index is -0.373. The van der Waals surface area contributed by atoms with Crippen LogP contribution < -0.4 is 5.32 Å². The van der Waals surface area contributed by atoms with Gasteiger partial charge < -0.3 is 10.1 Å². The van der Waals surface area contributed by atoms with Crippen molar-refractivity contribution in [1.29, 1.82) is 0 Å². The van der Waals surface area contributed by atoms with Crippen molar-refractivity contribution in [3.8, 4) is 0 Å². The summed E-state index contributed by atoms with van der Waals surface area (Å²) < 4.78 is 18.8. The van der Waals surface area contributed by atoms with E-state index in [0.29, 0.717) is 37.7 Å². The number of hydrogen-bond acceptors (Lipinski definition) is 4. The second kappa shape index (κ2) is 6.37. The van der Waals surface area contributed by atoms with Gasteiger partial charge in [0.2, 0.25) is 0 Å². The van der Waals surface area contributed by atoms with E-state index in [0.717, 1.165) is 0 Å². The van der Waals surface area contributed by atoms with E-state index in [9.17, 15) is 4.39 Å². The lowest BCUT2D eigenvalue weighted by Crippen LogP contribution is -2.10. The Labute approximate surface area is 95.3 Å². The molecule has 1 rings (SSSR count). The van der Waals surface area contributed by atoms with Crippen LogP contribution in [-0.2, 0) is 11.2 Å².